The van der Waals surface area contributed by atoms with E-state index in [9.17, 15) is 15.0 Å². The van der Waals surface area contributed by atoms with Crippen LogP contribution in [-0.2, 0) is 0 Å². The SMILES string of the molecule is C=C[C@H](C)N=C/C(=C\C)c1c(C#Cc2cccc(O)c2)cccc1C(=O)O. The molecule has 0 saturated carbocycles. The van der Waals surface area contributed by atoms with Crippen molar-refractivity contribution in [1.29, 1.82) is 0 Å². The fourth-order valence-corrected chi connectivity index (χ4v) is 2.41. The van der Waals surface area contributed by atoms with Gasteiger partial charge in [-0.25, -0.2) is 4.79 Å². The average molecular weight is 359 g/mol. The molecule has 2 aromatic rings. The van der Waals surface area contributed by atoms with Crippen LogP contribution in [0.2, 0.25) is 0 Å². The van der Waals surface area contributed by atoms with Crippen LogP contribution in [0.15, 0.2) is 66.2 Å². The topological polar surface area (TPSA) is 69.9 Å². The Hall–Kier alpha value is -3.58. The minimum absolute atomic E-state index is 0.0845. The first-order valence-electron chi connectivity index (χ1n) is 8.46. The van der Waals surface area contributed by atoms with Crippen LogP contribution in [0, 0.1) is 11.8 Å². The van der Waals surface area contributed by atoms with Gasteiger partial charge < -0.3 is 10.2 Å². The van der Waals surface area contributed by atoms with Crippen LogP contribution < -0.4 is 0 Å². The largest absolute Gasteiger partial charge is 0.508 e. The number of phenols is 1. The van der Waals surface area contributed by atoms with Crippen molar-refractivity contribution in [1.82, 2.24) is 0 Å². The number of aliphatic imine (C=N–C) groups is 1. The third-order valence-corrected chi connectivity index (χ3v) is 3.87. The number of carboxylic acids is 1. The molecule has 0 aliphatic rings. The maximum atomic E-state index is 11.7. The molecular formula is C23H21NO3. The van der Waals surface area contributed by atoms with Crippen LogP contribution in [0.4, 0.5) is 0 Å². The molecule has 0 aliphatic heterocycles. The lowest BCUT2D eigenvalue weighted by Crippen LogP contribution is -2.05. The van der Waals surface area contributed by atoms with Crippen molar-refractivity contribution in [2.45, 2.75) is 19.9 Å². The predicted octanol–water partition coefficient (Wildman–Crippen LogP) is 4.54. The molecule has 0 saturated heterocycles. The second-order valence-corrected chi connectivity index (χ2v) is 5.83. The zero-order chi connectivity index (χ0) is 19.8. The standard InChI is InChI=1S/C23H21NO3/c1-4-16(3)24-15-18(5-2)22-19(9-7-11-21(22)23(26)27)13-12-17-8-6-10-20(25)14-17/h4-11,14-16,25H,1H2,2-3H3,(H,26,27)/b18-5+,24-15?/t16-/m0/s1. The van der Waals surface area contributed by atoms with Crippen molar-refractivity contribution in [3.63, 3.8) is 0 Å². The Bertz CT molecular complexity index is 975. The minimum atomic E-state index is -1.03. The Morgan fingerprint density at radius 1 is 1.22 bits per heavy atom. The Morgan fingerprint density at radius 3 is 2.59 bits per heavy atom. The second kappa shape index (κ2) is 9.21. The number of aromatic hydroxyl groups is 1. The van der Waals surface area contributed by atoms with Crippen molar-refractivity contribution in [3.8, 4) is 17.6 Å². The highest BCUT2D eigenvalue weighted by molar-refractivity contribution is 6.14. The third-order valence-electron chi connectivity index (χ3n) is 3.87. The van der Waals surface area contributed by atoms with Crippen LogP contribution in [0.25, 0.3) is 5.57 Å². The van der Waals surface area contributed by atoms with Crippen molar-refractivity contribution < 1.29 is 15.0 Å². The molecule has 2 aromatic carbocycles. The summed E-state index contributed by atoms with van der Waals surface area (Å²) < 4.78 is 0. The highest BCUT2D eigenvalue weighted by atomic mass is 16.4. The Labute approximate surface area is 159 Å². The van der Waals surface area contributed by atoms with Gasteiger partial charge in [-0.1, -0.05) is 36.1 Å². The van der Waals surface area contributed by atoms with Crippen molar-refractivity contribution >= 4 is 17.8 Å². The molecule has 0 spiro atoms. The molecule has 0 fully saturated rings. The molecule has 0 aliphatic carbocycles. The molecule has 0 bridgehead atoms. The van der Waals surface area contributed by atoms with E-state index < -0.39 is 5.97 Å². The maximum Gasteiger partial charge on any atom is 0.336 e. The van der Waals surface area contributed by atoms with Crippen molar-refractivity contribution in [2.75, 3.05) is 0 Å². The summed E-state index contributed by atoms with van der Waals surface area (Å²) in [5.41, 5.74) is 2.55. The number of carboxylic acid groups (broad SMARTS) is 1. The summed E-state index contributed by atoms with van der Waals surface area (Å²) in [7, 11) is 0. The van der Waals surface area contributed by atoms with Crippen LogP contribution in [0.3, 0.4) is 0 Å². The molecule has 27 heavy (non-hydrogen) atoms. The molecule has 0 amide bonds. The lowest BCUT2D eigenvalue weighted by atomic mass is 9.94. The number of phenolic OH excluding ortho intramolecular Hbond substituents is 1. The van der Waals surface area contributed by atoms with Gasteiger partial charge in [0.25, 0.3) is 0 Å². The third kappa shape index (κ3) is 5.20. The minimum Gasteiger partial charge on any atom is -0.508 e. The molecular weight excluding hydrogens is 338 g/mol. The summed E-state index contributed by atoms with van der Waals surface area (Å²) in [5.74, 6) is 5.09. The quantitative estimate of drug-likeness (QED) is 0.468. The number of aromatic carboxylic acids is 1. The zero-order valence-corrected chi connectivity index (χ0v) is 15.3. The Balaban J connectivity index is 2.59. The average Bonchev–Trinajstić information content (AvgIpc) is 2.66. The number of nitrogens with zero attached hydrogens (tertiary/aromatic N) is 1. The van der Waals surface area contributed by atoms with E-state index >= 15 is 0 Å². The molecule has 0 unspecified atom stereocenters. The van der Waals surface area contributed by atoms with Gasteiger partial charge in [0.2, 0.25) is 0 Å². The lowest BCUT2D eigenvalue weighted by Gasteiger charge is -2.10. The van der Waals surface area contributed by atoms with E-state index in [1.807, 2.05) is 13.8 Å². The van der Waals surface area contributed by atoms with E-state index in [4.69, 9.17) is 0 Å². The van der Waals surface area contributed by atoms with E-state index in [0.717, 1.165) is 0 Å². The fourth-order valence-electron chi connectivity index (χ4n) is 2.41. The number of hydrogen-bond acceptors (Lipinski definition) is 3. The van der Waals surface area contributed by atoms with Gasteiger partial charge in [0.05, 0.1) is 11.6 Å². The second-order valence-electron chi connectivity index (χ2n) is 5.83. The van der Waals surface area contributed by atoms with Gasteiger partial charge in [-0.15, -0.1) is 6.58 Å². The highest BCUT2D eigenvalue weighted by Crippen LogP contribution is 2.23. The van der Waals surface area contributed by atoms with Crippen molar-refractivity contribution in [3.05, 3.63) is 83.4 Å². The predicted molar refractivity (Wildman–Crippen MR) is 109 cm³/mol. The molecule has 2 rings (SSSR count). The van der Waals surface area contributed by atoms with E-state index in [-0.39, 0.29) is 17.4 Å². The van der Waals surface area contributed by atoms with Gasteiger partial charge in [0.1, 0.15) is 5.75 Å². The number of rotatable bonds is 5. The number of hydrogen-bond donors (Lipinski definition) is 2. The Morgan fingerprint density at radius 2 is 1.96 bits per heavy atom. The first kappa shape index (κ1) is 19.7. The molecule has 4 nitrogen and oxygen atoms in total. The fraction of sp³-hybridized carbons (Fsp3) is 0.130. The maximum absolute atomic E-state index is 11.7. The molecule has 1 atom stereocenters. The van der Waals surface area contributed by atoms with Gasteiger partial charge >= 0.3 is 5.97 Å². The molecule has 2 N–H and O–H groups in total. The van der Waals surface area contributed by atoms with Crippen LogP contribution in [0.5, 0.6) is 5.75 Å². The van der Waals surface area contributed by atoms with E-state index in [0.29, 0.717) is 22.3 Å². The first-order chi connectivity index (χ1) is 13.0. The summed E-state index contributed by atoms with van der Waals surface area (Å²) >= 11 is 0. The van der Waals surface area contributed by atoms with Crippen LogP contribution in [-0.4, -0.2) is 28.4 Å². The molecule has 0 radical (unpaired) electrons. The lowest BCUT2D eigenvalue weighted by molar-refractivity contribution is 0.0696. The van der Waals surface area contributed by atoms with E-state index in [2.05, 4.69) is 23.4 Å². The number of allylic oxidation sites excluding steroid dienone is 2. The van der Waals surface area contributed by atoms with E-state index in [1.165, 1.54) is 0 Å². The van der Waals surface area contributed by atoms with E-state index in [1.54, 1.807) is 60.8 Å². The molecule has 0 heterocycles. The van der Waals surface area contributed by atoms with Crippen LogP contribution in [0.1, 0.15) is 40.9 Å². The van der Waals surface area contributed by atoms with Gasteiger partial charge in [-0.05, 0) is 49.8 Å². The smallest absolute Gasteiger partial charge is 0.336 e. The Kier molecular flexibility index (Phi) is 6.73. The molecule has 136 valence electrons. The first-order valence-corrected chi connectivity index (χ1v) is 8.46. The number of carbonyl (C=O) groups is 1. The van der Waals surface area contributed by atoms with Gasteiger partial charge in [-0.2, -0.15) is 0 Å². The zero-order valence-electron chi connectivity index (χ0n) is 15.3. The van der Waals surface area contributed by atoms with Crippen molar-refractivity contribution in [2.24, 2.45) is 4.99 Å². The van der Waals surface area contributed by atoms with Gasteiger partial charge in [0, 0.05) is 22.9 Å². The summed E-state index contributed by atoms with van der Waals surface area (Å²) in [5, 5.41) is 19.2. The van der Waals surface area contributed by atoms with Crippen LogP contribution >= 0.6 is 0 Å². The summed E-state index contributed by atoms with van der Waals surface area (Å²) in [6.45, 7) is 7.42. The van der Waals surface area contributed by atoms with Gasteiger partial charge in [0.15, 0.2) is 0 Å². The molecule has 0 aromatic heterocycles. The van der Waals surface area contributed by atoms with Gasteiger partial charge in [-0.3, -0.25) is 4.99 Å². The summed E-state index contributed by atoms with van der Waals surface area (Å²) in [4.78, 5) is 16.1. The summed E-state index contributed by atoms with van der Waals surface area (Å²) in [6.07, 6.45) is 5.16. The summed E-state index contributed by atoms with van der Waals surface area (Å²) in [6, 6.07) is 11.5. The number of benzene rings is 2. The highest BCUT2D eigenvalue weighted by Gasteiger charge is 2.15. The molecule has 4 heteroatoms. The normalized spacial score (nSPS) is 12.3. The monoisotopic (exact) mass is 359 g/mol.